The van der Waals surface area contributed by atoms with Crippen LogP contribution in [0, 0.1) is 3.57 Å². The molecule has 1 saturated carbocycles. The Morgan fingerprint density at radius 3 is 2.76 bits per heavy atom. The van der Waals surface area contributed by atoms with Gasteiger partial charge in [-0.1, -0.05) is 12.8 Å². The Bertz CT molecular complexity index is 611. The van der Waals surface area contributed by atoms with Crippen molar-refractivity contribution < 1.29 is 0 Å². The second-order valence-electron chi connectivity index (χ2n) is 5.20. The molecule has 21 heavy (non-hydrogen) atoms. The van der Waals surface area contributed by atoms with Crippen LogP contribution < -0.4 is 5.32 Å². The average molecular weight is 395 g/mol. The first kappa shape index (κ1) is 14.6. The monoisotopic (exact) mass is 395 g/mol. The molecule has 1 aliphatic rings. The van der Waals surface area contributed by atoms with Crippen molar-refractivity contribution in [2.45, 2.75) is 38.5 Å². The van der Waals surface area contributed by atoms with E-state index in [1.807, 2.05) is 6.07 Å². The number of aromatic nitrogens is 4. The molecule has 1 fully saturated rings. The van der Waals surface area contributed by atoms with Gasteiger partial charge in [0.1, 0.15) is 17.8 Å². The van der Waals surface area contributed by atoms with E-state index in [1.54, 1.807) is 12.5 Å². The van der Waals surface area contributed by atoms with Gasteiger partial charge in [-0.25, -0.2) is 19.9 Å². The highest BCUT2D eigenvalue weighted by atomic mass is 127. The van der Waals surface area contributed by atoms with Crippen LogP contribution in [-0.2, 0) is 0 Å². The predicted octanol–water partition coefficient (Wildman–Crippen LogP) is 3.63. The second kappa shape index (κ2) is 6.64. The van der Waals surface area contributed by atoms with Crippen LogP contribution >= 0.6 is 22.6 Å². The molecule has 0 radical (unpaired) electrons. The Labute approximate surface area is 138 Å². The van der Waals surface area contributed by atoms with Gasteiger partial charge in [-0.3, -0.25) is 0 Å². The van der Waals surface area contributed by atoms with Crippen LogP contribution in [-0.4, -0.2) is 26.5 Å². The topological polar surface area (TPSA) is 63.6 Å². The molecule has 2 heterocycles. The standard InChI is InChI=1S/C15H18IN5/c1-2-18-15-12(16)13(10-5-3-4-6-10)20-14(21-15)11-7-8-17-9-19-11/h7-10H,2-6H2,1H3,(H,18,20,21). The van der Waals surface area contributed by atoms with Gasteiger partial charge in [-0.2, -0.15) is 0 Å². The Morgan fingerprint density at radius 1 is 1.29 bits per heavy atom. The van der Waals surface area contributed by atoms with Crippen LogP contribution in [0.2, 0.25) is 0 Å². The van der Waals surface area contributed by atoms with Crippen LogP contribution in [0.3, 0.4) is 0 Å². The highest BCUT2D eigenvalue weighted by molar-refractivity contribution is 14.1. The van der Waals surface area contributed by atoms with E-state index in [2.05, 4.69) is 49.8 Å². The van der Waals surface area contributed by atoms with Crippen molar-refractivity contribution in [3.63, 3.8) is 0 Å². The van der Waals surface area contributed by atoms with Gasteiger partial charge in [0.15, 0.2) is 5.82 Å². The number of halogens is 1. The minimum Gasteiger partial charge on any atom is -0.369 e. The third-order valence-corrected chi connectivity index (χ3v) is 4.84. The molecule has 110 valence electrons. The van der Waals surface area contributed by atoms with Gasteiger partial charge < -0.3 is 5.32 Å². The molecule has 3 rings (SSSR count). The molecule has 0 aliphatic heterocycles. The van der Waals surface area contributed by atoms with Crippen LogP contribution in [0.4, 0.5) is 5.82 Å². The van der Waals surface area contributed by atoms with Crippen molar-refractivity contribution in [1.82, 2.24) is 19.9 Å². The Hall–Kier alpha value is -1.31. The summed E-state index contributed by atoms with van der Waals surface area (Å²) in [6.45, 7) is 2.93. The molecule has 6 heteroatoms. The third kappa shape index (κ3) is 3.14. The van der Waals surface area contributed by atoms with E-state index in [1.165, 1.54) is 31.4 Å². The number of hydrogen-bond donors (Lipinski definition) is 1. The molecule has 0 aromatic carbocycles. The van der Waals surface area contributed by atoms with E-state index in [-0.39, 0.29) is 0 Å². The number of anilines is 1. The highest BCUT2D eigenvalue weighted by Gasteiger charge is 2.24. The summed E-state index contributed by atoms with van der Waals surface area (Å²) >= 11 is 2.37. The summed E-state index contributed by atoms with van der Waals surface area (Å²) < 4.78 is 1.15. The van der Waals surface area contributed by atoms with Gasteiger partial charge in [0, 0.05) is 18.7 Å². The summed E-state index contributed by atoms with van der Waals surface area (Å²) in [5.74, 6) is 2.16. The Balaban J connectivity index is 2.08. The molecular formula is C15H18IN5. The van der Waals surface area contributed by atoms with Crippen LogP contribution in [0.1, 0.15) is 44.2 Å². The third-order valence-electron chi connectivity index (χ3n) is 3.77. The zero-order valence-electron chi connectivity index (χ0n) is 12.0. The highest BCUT2D eigenvalue weighted by Crippen LogP contribution is 2.37. The zero-order chi connectivity index (χ0) is 14.7. The van der Waals surface area contributed by atoms with E-state index in [0.29, 0.717) is 11.7 Å². The van der Waals surface area contributed by atoms with Crippen molar-refractivity contribution in [3.05, 3.63) is 27.9 Å². The summed E-state index contributed by atoms with van der Waals surface area (Å²) in [6, 6.07) is 1.86. The second-order valence-corrected chi connectivity index (χ2v) is 6.28. The van der Waals surface area contributed by atoms with Crippen molar-refractivity contribution in [2.75, 3.05) is 11.9 Å². The quantitative estimate of drug-likeness (QED) is 0.802. The molecule has 0 unspecified atom stereocenters. The summed E-state index contributed by atoms with van der Waals surface area (Å²) in [4.78, 5) is 17.7. The lowest BCUT2D eigenvalue weighted by molar-refractivity contribution is 0.690. The minimum atomic E-state index is 0.554. The maximum Gasteiger partial charge on any atom is 0.180 e. The molecule has 0 spiro atoms. The average Bonchev–Trinajstić information content (AvgIpc) is 3.04. The lowest BCUT2D eigenvalue weighted by Gasteiger charge is -2.16. The molecule has 5 nitrogen and oxygen atoms in total. The normalized spacial score (nSPS) is 15.3. The summed E-state index contributed by atoms with van der Waals surface area (Å²) in [7, 11) is 0. The van der Waals surface area contributed by atoms with Crippen molar-refractivity contribution in [1.29, 1.82) is 0 Å². The molecule has 2 aromatic heterocycles. The zero-order valence-corrected chi connectivity index (χ0v) is 14.2. The van der Waals surface area contributed by atoms with Gasteiger partial charge in [0.05, 0.1) is 9.26 Å². The molecule has 1 aliphatic carbocycles. The SMILES string of the molecule is CCNc1nc(-c2ccncn2)nc(C2CCCC2)c1I. The predicted molar refractivity (Wildman–Crippen MR) is 91.1 cm³/mol. The molecule has 1 N–H and O–H groups in total. The first-order valence-electron chi connectivity index (χ1n) is 7.37. The number of rotatable bonds is 4. The van der Waals surface area contributed by atoms with Crippen LogP contribution in [0.5, 0.6) is 0 Å². The van der Waals surface area contributed by atoms with Gasteiger partial charge in [-0.15, -0.1) is 0 Å². The molecule has 0 amide bonds. The van der Waals surface area contributed by atoms with Gasteiger partial charge in [0.2, 0.25) is 0 Å². The number of nitrogens with one attached hydrogen (secondary N) is 1. The molecular weight excluding hydrogens is 377 g/mol. The van der Waals surface area contributed by atoms with Gasteiger partial charge in [0.25, 0.3) is 0 Å². The van der Waals surface area contributed by atoms with E-state index in [0.717, 1.165) is 21.6 Å². The molecule has 0 atom stereocenters. The van der Waals surface area contributed by atoms with Crippen LogP contribution in [0.25, 0.3) is 11.5 Å². The summed E-state index contributed by atoms with van der Waals surface area (Å²) in [6.07, 6.45) is 8.31. The summed E-state index contributed by atoms with van der Waals surface area (Å²) in [5.41, 5.74) is 1.95. The smallest absolute Gasteiger partial charge is 0.180 e. The fourth-order valence-electron chi connectivity index (χ4n) is 2.76. The number of hydrogen-bond acceptors (Lipinski definition) is 5. The van der Waals surface area contributed by atoms with E-state index in [9.17, 15) is 0 Å². The largest absolute Gasteiger partial charge is 0.369 e. The van der Waals surface area contributed by atoms with E-state index in [4.69, 9.17) is 4.98 Å². The Morgan fingerprint density at radius 2 is 2.10 bits per heavy atom. The lowest BCUT2D eigenvalue weighted by Crippen LogP contribution is -2.10. The van der Waals surface area contributed by atoms with Crippen molar-refractivity contribution >= 4 is 28.4 Å². The van der Waals surface area contributed by atoms with Crippen molar-refractivity contribution in [2.24, 2.45) is 0 Å². The molecule has 2 aromatic rings. The maximum atomic E-state index is 4.82. The van der Waals surface area contributed by atoms with E-state index < -0.39 is 0 Å². The lowest BCUT2D eigenvalue weighted by atomic mass is 10.0. The Kier molecular flexibility index (Phi) is 4.62. The summed E-state index contributed by atoms with van der Waals surface area (Å²) in [5, 5.41) is 3.35. The van der Waals surface area contributed by atoms with Gasteiger partial charge in [-0.05, 0) is 48.4 Å². The first-order valence-corrected chi connectivity index (χ1v) is 8.45. The van der Waals surface area contributed by atoms with E-state index >= 15 is 0 Å². The van der Waals surface area contributed by atoms with Crippen molar-refractivity contribution in [3.8, 4) is 11.5 Å². The maximum absolute atomic E-state index is 4.82. The number of nitrogens with zero attached hydrogens (tertiary/aromatic N) is 4. The fraction of sp³-hybridized carbons (Fsp3) is 0.467. The molecule has 0 saturated heterocycles. The minimum absolute atomic E-state index is 0.554. The first-order chi connectivity index (χ1) is 10.3. The molecule has 0 bridgehead atoms. The van der Waals surface area contributed by atoms with Gasteiger partial charge >= 0.3 is 0 Å². The van der Waals surface area contributed by atoms with Crippen LogP contribution in [0.15, 0.2) is 18.6 Å². The fourth-order valence-corrected chi connectivity index (χ4v) is 3.63.